The zero-order valence-electron chi connectivity index (χ0n) is 9.96. The molecule has 0 unspecified atom stereocenters. The lowest BCUT2D eigenvalue weighted by Gasteiger charge is -2.19. The summed E-state index contributed by atoms with van der Waals surface area (Å²) in [5.74, 6) is 0. The Morgan fingerprint density at radius 2 is 2.06 bits per heavy atom. The lowest BCUT2D eigenvalue weighted by Crippen LogP contribution is -2.31. The van der Waals surface area contributed by atoms with Crippen LogP contribution in [0.25, 0.3) is 6.08 Å². The molecule has 1 aliphatic rings. The summed E-state index contributed by atoms with van der Waals surface area (Å²) in [6.45, 7) is 3.13. The second kappa shape index (κ2) is 5.02. The molecular weight excluding hydrogens is 234 g/mol. The first-order chi connectivity index (χ1) is 8.16. The average Bonchev–Trinajstić information content (AvgIpc) is 2.45. The third kappa shape index (κ3) is 2.42. The van der Waals surface area contributed by atoms with Crippen LogP contribution in [0.5, 0.6) is 0 Å². The highest BCUT2D eigenvalue weighted by molar-refractivity contribution is 7.89. The van der Waals surface area contributed by atoms with Crippen molar-refractivity contribution in [2.24, 2.45) is 0 Å². The van der Waals surface area contributed by atoms with E-state index in [0.717, 1.165) is 18.4 Å². The van der Waals surface area contributed by atoms with Gasteiger partial charge in [-0.1, -0.05) is 43.7 Å². The predicted molar refractivity (Wildman–Crippen MR) is 69.1 cm³/mol. The summed E-state index contributed by atoms with van der Waals surface area (Å²) < 4.78 is 26.4. The Morgan fingerprint density at radius 3 is 2.82 bits per heavy atom. The number of rotatable bonds is 3. The molecule has 0 radical (unpaired) electrons. The third-order valence-corrected chi connectivity index (χ3v) is 4.84. The first-order valence-corrected chi connectivity index (χ1v) is 7.36. The van der Waals surface area contributed by atoms with Gasteiger partial charge in [-0.25, -0.2) is 8.42 Å². The molecule has 0 fully saturated rings. The maximum Gasteiger partial charge on any atom is 0.243 e. The summed E-state index contributed by atoms with van der Waals surface area (Å²) in [6.07, 6.45) is 5.70. The molecular formula is C13H17NO2S. The monoisotopic (exact) mass is 251 g/mol. The van der Waals surface area contributed by atoms with Crippen molar-refractivity contribution in [1.29, 1.82) is 0 Å². The minimum absolute atomic E-state index is 0.421. The molecule has 17 heavy (non-hydrogen) atoms. The summed E-state index contributed by atoms with van der Waals surface area (Å²) in [5, 5.41) is 0. The molecule has 0 atom stereocenters. The number of unbranched alkanes of at least 4 members (excludes halogenated alkanes) is 1. The maximum absolute atomic E-state index is 12.4. The second-order valence-corrected chi connectivity index (χ2v) is 6.06. The van der Waals surface area contributed by atoms with Gasteiger partial charge >= 0.3 is 0 Å². The van der Waals surface area contributed by atoms with E-state index in [4.69, 9.17) is 0 Å². The zero-order chi connectivity index (χ0) is 12.3. The Bertz CT molecular complexity index is 520. The smallest absolute Gasteiger partial charge is 0.207 e. The van der Waals surface area contributed by atoms with Crippen LogP contribution in [0, 0.1) is 0 Å². The lowest BCUT2D eigenvalue weighted by atomic mass is 10.2. The summed E-state index contributed by atoms with van der Waals surface area (Å²) in [4.78, 5) is 0.421. The number of hydrogen-bond acceptors (Lipinski definition) is 2. The van der Waals surface area contributed by atoms with Gasteiger partial charge < -0.3 is 0 Å². The molecule has 0 N–H and O–H groups in total. The van der Waals surface area contributed by atoms with Gasteiger partial charge in [0.25, 0.3) is 0 Å². The van der Waals surface area contributed by atoms with Crippen LogP contribution >= 0.6 is 0 Å². The fourth-order valence-electron chi connectivity index (χ4n) is 1.93. The molecule has 1 aromatic rings. The molecule has 0 spiro atoms. The molecule has 0 saturated heterocycles. The predicted octanol–water partition coefficient (Wildman–Crippen LogP) is 2.50. The van der Waals surface area contributed by atoms with E-state index < -0.39 is 10.0 Å². The van der Waals surface area contributed by atoms with E-state index in [1.807, 2.05) is 24.3 Å². The number of sulfonamides is 1. The highest BCUT2D eigenvalue weighted by Gasteiger charge is 2.26. The van der Waals surface area contributed by atoms with Crippen LogP contribution in [0.4, 0.5) is 0 Å². The molecule has 0 saturated carbocycles. The van der Waals surface area contributed by atoms with Gasteiger partial charge in [-0.15, -0.1) is 0 Å². The molecule has 3 nitrogen and oxygen atoms in total. The largest absolute Gasteiger partial charge is 0.243 e. The molecule has 1 aromatic carbocycles. The van der Waals surface area contributed by atoms with Crippen molar-refractivity contribution in [1.82, 2.24) is 4.31 Å². The molecule has 92 valence electrons. The molecule has 1 aliphatic heterocycles. The quantitative estimate of drug-likeness (QED) is 0.827. The van der Waals surface area contributed by atoms with Crippen molar-refractivity contribution in [3.05, 3.63) is 35.9 Å². The number of benzene rings is 1. The summed E-state index contributed by atoms with van der Waals surface area (Å²) in [6, 6.07) is 7.15. The van der Waals surface area contributed by atoms with Crippen molar-refractivity contribution in [3.8, 4) is 0 Å². The number of hydrogen-bond donors (Lipinski definition) is 0. The van der Waals surface area contributed by atoms with Crippen LogP contribution in [0.2, 0.25) is 0 Å². The SMILES string of the molecule is CCCCN1CC=Cc2ccccc2S1(=O)=O. The van der Waals surface area contributed by atoms with Crippen molar-refractivity contribution in [2.75, 3.05) is 13.1 Å². The fourth-order valence-corrected chi connectivity index (χ4v) is 3.55. The molecule has 0 aromatic heterocycles. The van der Waals surface area contributed by atoms with Crippen LogP contribution in [0.1, 0.15) is 25.3 Å². The van der Waals surface area contributed by atoms with Gasteiger partial charge in [0.05, 0.1) is 4.90 Å². The Morgan fingerprint density at radius 1 is 1.29 bits per heavy atom. The van der Waals surface area contributed by atoms with Gasteiger partial charge in [-0.2, -0.15) is 4.31 Å². The fraction of sp³-hybridized carbons (Fsp3) is 0.385. The van der Waals surface area contributed by atoms with Gasteiger partial charge in [-0.3, -0.25) is 0 Å². The summed E-state index contributed by atoms with van der Waals surface area (Å²) in [7, 11) is -3.32. The van der Waals surface area contributed by atoms with Gasteiger partial charge in [0.2, 0.25) is 10.0 Å². The Labute approximate surface area is 103 Å². The Balaban J connectivity index is 2.41. The van der Waals surface area contributed by atoms with Crippen LogP contribution in [-0.4, -0.2) is 25.8 Å². The maximum atomic E-state index is 12.4. The van der Waals surface area contributed by atoms with E-state index in [-0.39, 0.29) is 0 Å². The molecule has 1 heterocycles. The zero-order valence-corrected chi connectivity index (χ0v) is 10.8. The first-order valence-electron chi connectivity index (χ1n) is 5.92. The van der Waals surface area contributed by atoms with E-state index in [1.165, 1.54) is 0 Å². The highest BCUT2D eigenvalue weighted by Crippen LogP contribution is 2.24. The van der Waals surface area contributed by atoms with Crippen molar-refractivity contribution in [3.63, 3.8) is 0 Å². The van der Waals surface area contributed by atoms with Crippen LogP contribution in [-0.2, 0) is 10.0 Å². The van der Waals surface area contributed by atoms with Crippen LogP contribution < -0.4 is 0 Å². The Hall–Kier alpha value is -1.13. The van der Waals surface area contributed by atoms with Gasteiger partial charge in [0.1, 0.15) is 0 Å². The van der Waals surface area contributed by atoms with Crippen LogP contribution in [0.3, 0.4) is 0 Å². The highest BCUT2D eigenvalue weighted by atomic mass is 32.2. The normalized spacial score (nSPS) is 18.6. The molecule has 0 amide bonds. The standard InChI is InChI=1S/C13H17NO2S/c1-2-3-10-14-11-6-8-12-7-4-5-9-13(12)17(14,15)16/h4-9H,2-3,10-11H2,1H3. The van der Waals surface area contributed by atoms with Gasteiger partial charge in [0, 0.05) is 13.1 Å². The molecule has 0 bridgehead atoms. The minimum Gasteiger partial charge on any atom is -0.207 e. The van der Waals surface area contributed by atoms with Gasteiger partial charge in [-0.05, 0) is 18.1 Å². The third-order valence-electron chi connectivity index (χ3n) is 2.90. The van der Waals surface area contributed by atoms with Crippen LogP contribution in [0.15, 0.2) is 35.2 Å². The Kier molecular flexibility index (Phi) is 3.64. The van der Waals surface area contributed by atoms with Gasteiger partial charge in [0.15, 0.2) is 0 Å². The van der Waals surface area contributed by atoms with Crippen molar-refractivity contribution in [2.45, 2.75) is 24.7 Å². The van der Waals surface area contributed by atoms with E-state index in [1.54, 1.807) is 16.4 Å². The van der Waals surface area contributed by atoms with E-state index in [9.17, 15) is 8.42 Å². The van der Waals surface area contributed by atoms with E-state index >= 15 is 0 Å². The average molecular weight is 251 g/mol. The first kappa shape index (κ1) is 12.3. The lowest BCUT2D eigenvalue weighted by molar-refractivity contribution is 0.434. The molecule has 4 heteroatoms. The number of nitrogens with zero attached hydrogens (tertiary/aromatic N) is 1. The minimum atomic E-state index is -3.32. The van der Waals surface area contributed by atoms with Crippen molar-refractivity contribution >= 4 is 16.1 Å². The molecule has 2 rings (SSSR count). The second-order valence-electron chi connectivity index (χ2n) is 4.16. The van der Waals surface area contributed by atoms with Crippen molar-refractivity contribution < 1.29 is 8.42 Å². The number of fused-ring (bicyclic) bond motifs is 1. The van der Waals surface area contributed by atoms with E-state index in [0.29, 0.717) is 18.0 Å². The topological polar surface area (TPSA) is 37.4 Å². The molecule has 0 aliphatic carbocycles. The summed E-state index contributed by atoms with van der Waals surface area (Å²) >= 11 is 0. The van der Waals surface area contributed by atoms with E-state index in [2.05, 4.69) is 6.92 Å². The summed E-state index contributed by atoms with van der Waals surface area (Å²) in [5.41, 5.74) is 0.784.